The van der Waals surface area contributed by atoms with E-state index in [-0.39, 0.29) is 10.9 Å². The van der Waals surface area contributed by atoms with Crippen molar-refractivity contribution in [3.63, 3.8) is 0 Å². The lowest BCUT2D eigenvalue weighted by Gasteiger charge is -2.09. The Hall–Kier alpha value is -2.39. The fourth-order valence-electron chi connectivity index (χ4n) is 2.19. The van der Waals surface area contributed by atoms with E-state index in [1.54, 1.807) is 30.6 Å². The number of H-pyrrole nitrogens is 2. The van der Waals surface area contributed by atoms with Gasteiger partial charge in [0.15, 0.2) is 11.5 Å². The number of rotatable bonds is 6. The molecule has 0 aliphatic heterocycles. The molecule has 1 aromatic carbocycles. The molecular formula is C14H16ClN6O2S+. The predicted octanol–water partition coefficient (Wildman–Crippen LogP) is 2.32. The number of fused-ring (bicyclic) bond motifs is 1. The van der Waals surface area contributed by atoms with E-state index in [9.17, 15) is 8.42 Å². The average Bonchev–Trinajstić information content (AvgIpc) is 2.96. The van der Waals surface area contributed by atoms with Crippen molar-refractivity contribution in [1.82, 2.24) is 15.0 Å². The van der Waals surface area contributed by atoms with E-state index in [2.05, 4.69) is 30.0 Å². The minimum Gasteiger partial charge on any atom is -0.310 e. The Morgan fingerprint density at radius 3 is 2.88 bits per heavy atom. The Labute approximate surface area is 143 Å². The van der Waals surface area contributed by atoms with Crippen LogP contribution in [0.5, 0.6) is 0 Å². The average molecular weight is 368 g/mol. The molecular weight excluding hydrogens is 352 g/mol. The van der Waals surface area contributed by atoms with Crippen molar-refractivity contribution >= 4 is 50.1 Å². The zero-order valence-corrected chi connectivity index (χ0v) is 14.4. The molecule has 2 heterocycles. The highest BCUT2D eigenvalue weighted by molar-refractivity contribution is 7.92. The summed E-state index contributed by atoms with van der Waals surface area (Å²) in [6.07, 6.45) is 2.16. The number of sulfonamides is 1. The second-order valence-electron chi connectivity index (χ2n) is 5.12. The van der Waals surface area contributed by atoms with Crippen molar-refractivity contribution in [2.45, 2.75) is 13.3 Å². The number of nitrogens with zero attached hydrogens (tertiary/aromatic N) is 2. The zero-order valence-electron chi connectivity index (χ0n) is 12.8. The Morgan fingerprint density at radius 1 is 1.29 bits per heavy atom. The van der Waals surface area contributed by atoms with Crippen molar-refractivity contribution in [3.8, 4) is 0 Å². The maximum atomic E-state index is 11.8. The minimum atomic E-state index is -3.34. The molecule has 126 valence electrons. The number of benzene rings is 1. The maximum absolute atomic E-state index is 11.8. The summed E-state index contributed by atoms with van der Waals surface area (Å²) in [6, 6.07) is 6.85. The maximum Gasteiger partial charge on any atom is 0.306 e. The summed E-state index contributed by atoms with van der Waals surface area (Å²) in [4.78, 5) is 14.3. The summed E-state index contributed by atoms with van der Waals surface area (Å²) in [6.45, 7) is 1.81. The second-order valence-corrected chi connectivity index (χ2v) is 7.32. The predicted molar refractivity (Wildman–Crippen MR) is 92.9 cm³/mol. The van der Waals surface area contributed by atoms with Gasteiger partial charge in [-0.1, -0.05) is 29.6 Å². The van der Waals surface area contributed by atoms with Crippen LogP contribution in [0.1, 0.15) is 13.3 Å². The van der Waals surface area contributed by atoms with Crippen LogP contribution in [0.2, 0.25) is 5.15 Å². The summed E-state index contributed by atoms with van der Waals surface area (Å²) in [7, 11) is -3.34. The van der Waals surface area contributed by atoms with Crippen molar-refractivity contribution in [3.05, 3.63) is 35.7 Å². The molecule has 3 rings (SSSR count). The highest BCUT2D eigenvalue weighted by Crippen LogP contribution is 2.22. The van der Waals surface area contributed by atoms with Crippen LogP contribution in [0.15, 0.2) is 30.6 Å². The van der Waals surface area contributed by atoms with Gasteiger partial charge in [0.1, 0.15) is 0 Å². The molecule has 0 amide bonds. The third kappa shape index (κ3) is 3.74. The fraction of sp³-hybridized carbons (Fsp3) is 0.214. The molecule has 0 aliphatic carbocycles. The first-order chi connectivity index (χ1) is 11.5. The lowest BCUT2D eigenvalue weighted by atomic mass is 10.3. The molecule has 0 radical (unpaired) electrons. The highest BCUT2D eigenvalue weighted by atomic mass is 35.5. The molecule has 0 atom stereocenters. The minimum absolute atomic E-state index is 0.0728. The molecule has 0 bridgehead atoms. The number of imidazole rings is 1. The van der Waals surface area contributed by atoms with Crippen LogP contribution in [-0.2, 0) is 10.0 Å². The van der Waals surface area contributed by atoms with E-state index >= 15 is 0 Å². The van der Waals surface area contributed by atoms with E-state index in [1.807, 2.05) is 6.92 Å². The molecule has 0 spiro atoms. The lowest BCUT2D eigenvalue weighted by molar-refractivity contribution is -0.347. The standard InChI is InChI=1S/C14H15ClN6O2S/c1-2-6-24(22,23)21-10-5-3-4-9(7-10)18-14-19-12(15)11-13(20-14)17-8-16-11/h3-5,7-8,21H,2,6H2,1H3,(H2,16,17,18,19,20)/p+1. The number of halogens is 1. The largest absolute Gasteiger partial charge is 0.310 e. The first kappa shape index (κ1) is 16.5. The quantitative estimate of drug-likeness (QED) is 0.578. The van der Waals surface area contributed by atoms with Gasteiger partial charge in [-0.2, -0.15) is 4.98 Å². The smallest absolute Gasteiger partial charge is 0.306 e. The summed E-state index contributed by atoms with van der Waals surface area (Å²) < 4.78 is 26.2. The summed E-state index contributed by atoms with van der Waals surface area (Å²) in [5.74, 6) is 0.375. The molecule has 0 aliphatic rings. The first-order valence-electron chi connectivity index (χ1n) is 7.27. The van der Waals surface area contributed by atoms with Crippen LogP contribution in [-0.4, -0.2) is 29.1 Å². The van der Waals surface area contributed by atoms with Gasteiger partial charge in [-0.25, -0.2) is 13.4 Å². The van der Waals surface area contributed by atoms with Crippen LogP contribution in [0, 0.1) is 0 Å². The third-order valence-corrected chi connectivity index (χ3v) is 4.92. The Bertz CT molecular complexity index is 972. The van der Waals surface area contributed by atoms with Crippen molar-refractivity contribution in [2.75, 3.05) is 15.8 Å². The van der Waals surface area contributed by atoms with Crippen LogP contribution < -0.4 is 15.0 Å². The zero-order chi connectivity index (χ0) is 17.2. The lowest BCUT2D eigenvalue weighted by Crippen LogP contribution is -2.16. The monoisotopic (exact) mass is 367 g/mol. The van der Waals surface area contributed by atoms with Gasteiger partial charge in [-0.05, 0) is 24.6 Å². The summed E-state index contributed by atoms with van der Waals surface area (Å²) in [5, 5.41) is 3.29. The van der Waals surface area contributed by atoms with Crippen LogP contribution in [0.4, 0.5) is 17.3 Å². The van der Waals surface area contributed by atoms with E-state index < -0.39 is 10.0 Å². The normalized spacial score (nSPS) is 11.6. The Morgan fingerprint density at radius 2 is 2.08 bits per heavy atom. The van der Waals surface area contributed by atoms with Crippen molar-refractivity contribution in [2.24, 2.45) is 0 Å². The van der Waals surface area contributed by atoms with Gasteiger partial charge in [-0.15, -0.1) is 0 Å². The number of hydrogen-bond acceptors (Lipinski definition) is 5. The molecule has 0 unspecified atom stereocenters. The fourth-order valence-corrected chi connectivity index (χ4v) is 3.54. The summed E-state index contributed by atoms with van der Waals surface area (Å²) >= 11 is 6.09. The number of aromatic nitrogens is 4. The number of hydrogen-bond donors (Lipinski definition) is 3. The first-order valence-corrected chi connectivity index (χ1v) is 9.30. The molecule has 10 heteroatoms. The molecule has 8 nitrogen and oxygen atoms in total. The Kier molecular flexibility index (Phi) is 4.54. The molecule has 0 fully saturated rings. The molecule has 0 saturated heterocycles. The molecule has 4 N–H and O–H groups in total. The van der Waals surface area contributed by atoms with Gasteiger partial charge in [-0.3, -0.25) is 9.71 Å². The number of anilines is 3. The van der Waals surface area contributed by atoms with Gasteiger partial charge in [0, 0.05) is 5.69 Å². The van der Waals surface area contributed by atoms with Gasteiger partial charge in [0.2, 0.25) is 15.5 Å². The Balaban J connectivity index is 1.83. The SMILES string of the molecule is CCCS(=O)(=O)Nc1cccc(Nc2nc(Cl)c3[nH]c[nH+]c3n2)c1. The molecule has 0 saturated carbocycles. The topological polar surface area (TPSA) is 114 Å². The molecule has 2 aromatic heterocycles. The van der Waals surface area contributed by atoms with Crippen molar-refractivity contribution in [1.29, 1.82) is 0 Å². The number of nitrogens with one attached hydrogen (secondary N) is 4. The van der Waals surface area contributed by atoms with E-state index in [0.29, 0.717) is 34.9 Å². The third-order valence-electron chi connectivity index (χ3n) is 3.16. The van der Waals surface area contributed by atoms with Gasteiger partial charge in [0.05, 0.1) is 11.4 Å². The second kappa shape index (κ2) is 6.62. The number of aromatic amines is 2. The molecule has 3 aromatic rings. The van der Waals surface area contributed by atoms with Gasteiger partial charge in [0.25, 0.3) is 0 Å². The highest BCUT2D eigenvalue weighted by Gasteiger charge is 2.15. The van der Waals surface area contributed by atoms with E-state index in [0.717, 1.165) is 0 Å². The molecule has 24 heavy (non-hydrogen) atoms. The van der Waals surface area contributed by atoms with Crippen LogP contribution >= 0.6 is 11.6 Å². The van der Waals surface area contributed by atoms with Crippen molar-refractivity contribution < 1.29 is 13.4 Å². The summed E-state index contributed by atoms with van der Waals surface area (Å²) in [5.41, 5.74) is 2.28. The van der Waals surface area contributed by atoms with Gasteiger partial charge >= 0.3 is 11.6 Å². The van der Waals surface area contributed by atoms with Crippen LogP contribution in [0.25, 0.3) is 11.2 Å². The van der Waals surface area contributed by atoms with E-state index in [4.69, 9.17) is 11.6 Å². The van der Waals surface area contributed by atoms with Gasteiger partial charge < -0.3 is 5.32 Å². The van der Waals surface area contributed by atoms with E-state index in [1.165, 1.54) is 0 Å². The van der Waals surface area contributed by atoms with Crippen LogP contribution in [0.3, 0.4) is 0 Å².